The Kier molecular flexibility index (Phi) is 1.92. The molecular formula is C6H11FN2. The Balaban J connectivity index is 2.40. The summed E-state index contributed by atoms with van der Waals surface area (Å²) in [6.07, 6.45) is 1.69. The molecule has 1 atom stereocenters. The molecule has 2 nitrogen and oxygen atoms in total. The summed E-state index contributed by atoms with van der Waals surface area (Å²) in [5.41, 5.74) is 0.646. The van der Waals surface area contributed by atoms with Crippen LogP contribution in [0, 0.1) is 0 Å². The maximum atomic E-state index is 11.8. The van der Waals surface area contributed by atoms with Crippen molar-refractivity contribution < 1.29 is 4.39 Å². The minimum absolute atomic E-state index is 0.403. The van der Waals surface area contributed by atoms with Crippen molar-refractivity contribution in [2.24, 2.45) is 0 Å². The summed E-state index contributed by atoms with van der Waals surface area (Å²) in [6.45, 7) is 2.45. The van der Waals surface area contributed by atoms with Crippen molar-refractivity contribution in [2.45, 2.75) is 13.0 Å². The van der Waals surface area contributed by atoms with Crippen LogP contribution in [0.4, 0.5) is 4.39 Å². The summed E-state index contributed by atoms with van der Waals surface area (Å²) in [6, 6.07) is 0.417. The molecule has 0 bridgehead atoms. The van der Waals surface area contributed by atoms with Gasteiger partial charge in [-0.3, -0.25) is 0 Å². The molecule has 0 fully saturated rings. The van der Waals surface area contributed by atoms with E-state index in [0.29, 0.717) is 11.7 Å². The number of hydrogen-bond acceptors (Lipinski definition) is 2. The predicted molar refractivity (Wildman–Crippen MR) is 34.7 cm³/mol. The Bertz CT molecular complexity index is 122. The van der Waals surface area contributed by atoms with Crippen LogP contribution >= 0.6 is 0 Å². The zero-order valence-corrected chi connectivity index (χ0v) is 5.45. The van der Waals surface area contributed by atoms with Gasteiger partial charge in [-0.1, -0.05) is 0 Å². The Hall–Kier alpha value is -0.730. The molecule has 0 aromatic carbocycles. The molecule has 0 aromatic heterocycles. The molecule has 3 heteroatoms. The van der Waals surface area contributed by atoms with E-state index in [-0.39, 0.29) is 0 Å². The summed E-state index contributed by atoms with van der Waals surface area (Å²) in [7, 11) is 0. The molecule has 0 saturated carbocycles. The predicted octanol–water partition coefficient (Wildman–Crippen LogP) is 0.379. The van der Waals surface area contributed by atoms with Gasteiger partial charge >= 0.3 is 0 Å². The van der Waals surface area contributed by atoms with Gasteiger partial charge in [0, 0.05) is 18.8 Å². The molecule has 1 aliphatic heterocycles. The van der Waals surface area contributed by atoms with Crippen molar-refractivity contribution in [2.75, 3.05) is 13.2 Å². The monoisotopic (exact) mass is 130 g/mol. The Labute approximate surface area is 54.1 Å². The number of nitrogens with one attached hydrogen (secondary N) is 2. The number of halogens is 1. The fraction of sp³-hybridized carbons (Fsp3) is 0.667. The van der Waals surface area contributed by atoms with E-state index in [4.69, 9.17) is 0 Å². The van der Waals surface area contributed by atoms with E-state index in [9.17, 15) is 4.39 Å². The SMILES string of the molecule is CC1CNC(CF)=CN1. The number of hydrogen-bond donors (Lipinski definition) is 2. The van der Waals surface area contributed by atoms with E-state index < -0.39 is 6.67 Å². The van der Waals surface area contributed by atoms with Crippen LogP contribution in [-0.2, 0) is 0 Å². The van der Waals surface area contributed by atoms with Gasteiger partial charge < -0.3 is 10.6 Å². The normalized spacial score (nSPS) is 26.0. The molecule has 1 aliphatic rings. The number of rotatable bonds is 1. The summed E-state index contributed by atoms with van der Waals surface area (Å²) in [5, 5.41) is 5.96. The Morgan fingerprint density at radius 2 is 2.67 bits per heavy atom. The van der Waals surface area contributed by atoms with Crippen LogP contribution in [0.5, 0.6) is 0 Å². The Morgan fingerprint density at radius 3 is 3.11 bits per heavy atom. The second-order valence-corrected chi connectivity index (χ2v) is 2.25. The highest BCUT2D eigenvalue weighted by Crippen LogP contribution is 1.95. The van der Waals surface area contributed by atoms with Crippen LogP contribution in [-0.4, -0.2) is 19.3 Å². The number of alkyl halides is 1. The molecule has 0 aliphatic carbocycles. The largest absolute Gasteiger partial charge is 0.385 e. The lowest BCUT2D eigenvalue weighted by atomic mass is 10.3. The first-order valence-electron chi connectivity index (χ1n) is 3.08. The molecule has 0 aromatic rings. The minimum Gasteiger partial charge on any atom is -0.385 e. The van der Waals surface area contributed by atoms with Crippen molar-refractivity contribution in [1.29, 1.82) is 0 Å². The van der Waals surface area contributed by atoms with E-state index in [1.165, 1.54) is 0 Å². The van der Waals surface area contributed by atoms with Gasteiger partial charge in [-0.05, 0) is 6.92 Å². The van der Waals surface area contributed by atoms with E-state index >= 15 is 0 Å². The maximum Gasteiger partial charge on any atom is 0.130 e. The third-order valence-corrected chi connectivity index (χ3v) is 1.32. The third-order valence-electron chi connectivity index (χ3n) is 1.32. The molecule has 0 radical (unpaired) electrons. The van der Waals surface area contributed by atoms with Gasteiger partial charge in [0.05, 0.1) is 5.70 Å². The first-order chi connectivity index (χ1) is 4.33. The van der Waals surface area contributed by atoms with Crippen LogP contribution in [0.25, 0.3) is 0 Å². The average molecular weight is 130 g/mol. The summed E-state index contributed by atoms with van der Waals surface area (Å²) in [5.74, 6) is 0. The second kappa shape index (κ2) is 2.71. The molecule has 52 valence electrons. The van der Waals surface area contributed by atoms with E-state index in [1.807, 2.05) is 6.92 Å². The summed E-state index contributed by atoms with van der Waals surface area (Å²) >= 11 is 0. The first kappa shape index (κ1) is 6.39. The molecule has 1 unspecified atom stereocenters. The van der Waals surface area contributed by atoms with Gasteiger partial charge in [0.15, 0.2) is 0 Å². The van der Waals surface area contributed by atoms with Gasteiger partial charge in [0.1, 0.15) is 6.67 Å². The van der Waals surface area contributed by atoms with Crippen molar-refractivity contribution >= 4 is 0 Å². The molecule has 1 rings (SSSR count). The van der Waals surface area contributed by atoms with Gasteiger partial charge in [-0.15, -0.1) is 0 Å². The molecular weight excluding hydrogens is 119 g/mol. The zero-order chi connectivity index (χ0) is 6.69. The van der Waals surface area contributed by atoms with Crippen molar-refractivity contribution in [3.63, 3.8) is 0 Å². The third kappa shape index (κ3) is 1.59. The lowest BCUT2D eigenvalue weighted by molar-refractivity contribution is 0.476. The van der Waals surface area contributed by atoms with Crippen molar-refractivity contribution in [3.8, 4) is 0 Å². The van der Waals surface area contributed by atoms with Gasteiger partial charge in [0.25, 0.3) is 0 Å². The maximum absolute atomic E-state index is 11.8. The molecule has 2 N–H and O–H groups in total. The van der Waals surface area contributed by atoms with E-state index in [2.05, 4.69) is 10.6 Å². The molecule has 0 amide bonds. The topological polar surface area (TPSA) is 24.1 Å². The van der Waals surface area contributed by atoms with E-state index in [1.54, 1.807) is 6.20 Å². The fourth-order valence-corrected chi connectivity index (χ4v) is 0.723. The fourth-order valence-electron chi connectivity index (χ4n) is 0.723. The van der Waals surface area contributed by atoms with Crippen LogP contribution < -0.4 is 10.6 Å². The molecule has 0 saturated heterocycles. The van der Waals surface area contributed by atoms with Crippen LogP contribution in [0.3, 0.4) is 0 Å². The molecule has 1 heterocycles. The summed E-state index contributed by atoms with van der Waals surface area (Å²) < 4.78 is 11.8. The lowest BCUT2D eigenvalue weighted by Crippen LogP contribution is -2.39. The smallest absolute Gasteiger partial charge is 0.130 e. The van der Waals surface area contributed by atoms with Crippen LogP contribution in [0.2, 0.25) is 0 Å². The first-order valence-corrected chi connectivity index (χ1v) is 3.08. The summed E-state index contributed by atoms with van der Waals surface area (Å²) in [4.78, 5) is 0. The second-order valence-electron chi connectivity index (χ2n) is 2.25. The highest BCUT2D eigenvalue weighted by Gasteiger charge is 2.05. The lowest BCUT2D eigenvalue weighted by Gasteiger charge is -2.20. The highest BCUT2D eigenvalue weighted by molar-refractivity contribution is 5.03. The Morgan fingerprint density at radius 1 is 1.89 bits per heavy atom. The standard InChI is InChI=1S/C6H11FN2/c1-5-3-9-6(2-7)4-8-5/h4-5,8-9H,2-3H2,1H3. The van der Waals surface area contributed by atoms with Crippen LogP contribution in [0.1, 0.15) is 6.92 Å². The zero-order valence-electron chi connectivity index (χ0n) is 5.45. The van der Waals surface area contributed by atoms with Crippen molar-refractivity contribution in [3.05, 3.63) is 11.9 Å². The van der Waals surface area contributed by atoms with Crippen LogP contribution in [0.15, 0.2) is 11.9 Å². The molecule has 0 spiro atoms. The van der Waals surface area contributed by atoms with Gasteiger partial charge in [0.2, 0.25) is 0 Å². The van der Waals surface area contributed by atoms with Gasteiger partial charge in [-0.2, -0.15) is 0 Å². The number of allylic oxidation sites excluding steroid dienone is 1. The average Bonchev–Trinajstić information content (AvgIpc) is 1.90. The molecule has 9 heavy (non-hydrogen) atoms. The quantitative estimate of drug-likeness (QED) is 0.536. The minimum atomic E-state index is -0.403. The van der Waals surface area contributed by atoms with E-state index in [0.717, 1.165) is 6.54 Å². The highest BCUT2D eigenvalue weighted by atomic mass is 19.1. The van der Waals surface area contributed by atoms with Crippen molar-refractivity contribution in [1.82, 2.24) is 10.6 Å². The van der Waals surface area contributed by atoms with Gasteiger partial charge in [-0.25, -0.2) is 4.39 Å².